The van der Waals surface area contributed by atoms with Gasteiger partial charge in [0.2, 0.25) is 0 Å². The van der Waals surface area contributed by atoms with E-state index in [1.807, 2.05) is 0 Å². The monoisotopic (exact) mass is 470 g/mol. The van der Waals surface area contributed by atoms with Gasteiger partial charge in [0.25, 0.3) is 0 Å². The van der Waals surface area contributed by atoms with Crippen LogP contribution in [0.3, 0.4) is 0 Å². The zero-order valence-electron chi connectivity index (χ0n) is 14.8. The summed E-state index contributed by atoms with van der Waals surface area (Å²) in [5.41, 5.74) is 1.27. The van der Waals surface area contributed by atoms with E-state index in [1.54, 1.807) is 47.8 Å². The van der Waals surface area contributed by atoms with E-state index in [-0.39, 0.29) is 34.0 Å². The van der Waals surface area contributed by atoms with Crippen LogP contribution in [-0.2, 0) is 17.6 Å². The van der Waals surface area contributed by atoms with E-state index < -0.39 is 17.9 Å². The van der Waals surface area contributed by atoms with Gasteiger partial charge >= 0.3 is 5.97 Å². The molecule has 3 aromatic rings. The predicted octanol–water partition coefficient (Wildman–Crippen LogP) is 6.77. The number of benzene rings is 2. The van der Waals surface area contributed by atoms with Crippen LogP contribution in [0.25, 0.3) is 10.4 Å². The second kappa shape index (κ2) is 9.26. The molecular formula is C21H14Cl3FO3S. The number of alkyl halides is 1. The summed E-state index contributed by atoms with van der Waals surface area (Å²) in [4.78, 5) is 24.7. The van der Waals surface area contributed by atoms with Gasteiger partial charge in [-0.15, -0.1) is 11.3 Å². The zero-order valence-corrected chi connectivity index (χ0v) is 17.9. The van der Waals surface area contributed by atoms with Crippen molar-refractivity contribution < 1.29 is 19.1 Å². The summed E-state index contributed by atoms with van der Waals surface area (Å²) >= 11 is 19.1. The summed E-state index contributed by atoms with van der Waals surface area (Å²) in [7, 11) is 0. The molecule has 0 aliphatic rings. The number of Topliss-reactive ketones (excluding diaryl/α,β-unsaturated/α-hetero) is 1. The standard InChI is InChI=1S/C21H14Cl3FO3S/c22-13-6-4-11(5-7-13)20-19(21(27)28)12(10-29-20)8-18(26)17(25)9-14-15(23)2-1-3-16(14)24/h1-7,10,17H,8-9H2,(H,27,28). The number of carboxylic acid groups (broad SMARTS) is 1. The maximum atomic E-state index is 14.6. The van der Waals surface area contributed by atoms with E-state index >= 15 is 0 Å². The molecule has 1 heterocycles. The smallest absolute Gasteiger partial charge is 0.337 e. The second-order valence-corrected chi connectivity index (χ2v) is 8.42. The lowest BCUT2D eigenvalue weighted by Gasteiger charge is -2.11. The van der Waals surface area contributed by atoms with Crippen molar-refractivity contribution in [2.45, 2.75) is 19.0 Å². The fourth-order valence-corrected chi connectivity index (χ4v) is 4.64. The molecule has 3 rings (SSSR count). The normalized spacial score (nSPS) is 12.0. The molecule has 29 heavy (non-hydrogen) atoms. The van der Waals surface area contributed by atoms with Crippen LogP contribution in [0.1, 0.15) is 21.5 Å². The van der Waals surface area contributed by atoms with E-state index in [2.05, 4.69) is 0 Å². The number of carboxylic acids is 1. The van der Waals surface area contributed by atoms with Crippen molar-refractivity contribution in [3.63, 3.8) is 0 Å². The molecule has 1 N–H and O–H groups in total. The van der Waals surface area contributed by atoms with Gasteiger partial charge in [-0.05, 0) is 46.3 Å². The highest BCUT2D eigenvalue weighted by Gasteiger charge is 2.26. The maximum absolute atomic E-state index is 14.6. The summed E-state index contributed by atoms with van der Waals surface area (Å²) < 4.78 is 14.6. The molecule has 0 bridgehead atoms. The maximum Gasteiger partial charge on any atom is 0.337 e. The van der Waals surface area contributed by atoms with Gasteiger partial charge in [0.05, 0.1) is 5.56 Å². The Kier molecular flexibility index (Phi) is 6.96. The van der Waals surface area contributed by atoms with Crippen molar-refractivity contribution in [3.05, 3.63) is 79.6 Å². The van der Waals surface area contributed by atoms with E-state index in [4.69, 9.17) is 34.8 Å². The number of halogens is 4. The Morgan fingerprint density at radius 2 is 1.66 bits per heavy atom. The molecule has 150 valence electrons. The minimum Gasteiger partial charge on any atom is -0.478 e. The van der Waals surface area contributed by atoms with Crippen molar-refractivity contribution in [1.82, 2.24) is 0 Å². The molecule has 0 spiro atoms. The lowest BCUT2D eigenvalue weighted by molar-refractivity contribution is -0.123. The number of carbonyl (C=O) groups excluding carboxylic acids is 1. The molecule has 3 nitrogen and oxygen atoms in total. The topological polar surface area (TPSA) is 54.4 Å². The number of hydrogen-bond donors (Lipinski definition) is 1. The lowest BCUT2D eigenvalue weighted by Crippen LogP contribution is -2.21. The van der Waals surface area contributed by atoms with Crippen LogP contribution in [0.15, 0.2) is 47.8 Å². The van der Waals surface area contributed by atoms with Crippen molar-refractivity contribution in [1.29, 1.82) is 0 Å². The molecule has 0 amide bonds. The lowest BCUT2D eigenvalue weighted by atomic mass is 9.98. The van der Waals surface area contributed by atoms with Crippen LogP contribution in [-0.4, -0.2) is 23.0 Å². The molecular weight excluding hydrogens is 458 g/mol. The van der Waals surface area contributed by atoms with Gasteiger partial charge in [-0.25, -0.2) is 9.18 Å². The van der Waals surface area contributed by atoms with Crippen molar-refractivity contribution >= 4 is 57.9 Å². The summed E-state index contributed by atoms with van der Waals surface area (Å²) in [6.07, 6.45) is -2.46. The number of hydrogen-bond acceptors (Lipinski definition) is 3. The highest BCUT2D eigenvalue weighted by molar-refractivity contribution is 7.14. The minimum atomic E-state index is -1.85. The second-order valence-electron chi connectivity index (χ2n) is 6.29. The van der Waals surface area contributed by atoms with Crippen LogP contribution in [0.5, 0.6) is 0 Å². The largest absolute Gasteiger partial charge is 0.478 e. The van der Waals surface area contributed by atoms with Crippen LogP contribution < -0.4 is 0 Å². The van der Waals surface area contributed by atoms with E-state index in [9.17, 15) is 19.1 Å². The first kappa shape index (κ1) is 21.8. The zero-order chi connectivity index (χ0) is 21.1. The molecule has 0 fully saturated rings. The van der Waals surface area contributed by atoms with Crippen molar-refractivity contribution in [3.8, 4) is 10.4 Å². The number of thiophene rings is 1. The average molecular weight is 472 g/mol. The number of ketones is 1. The Balaban J connectivity index is 1.83. The highest BCUT2D eigenvalue weighted by Crippen LogP contribution is 2.34. The van der Waals surface area contributed by atoms with Gasteiger partial charge in [0.15, 0.2) is 12.0 Å². The number of aromatic carboxylic acids is 1. The summed E-state index contributed by atoms with van der Waals surface area (Å²) in [6, 6.07) is 11.5. The third-order valence-electron chi connectivity index (χ3n) is 4.35. The summed E-state index contributed by atoms with van der Waals surface area (Å²) in [5.74, 6) is -1.91. The van der Waals surface area contributed by atoms with Crippen LogP contribution >= 0.6 is 46.1 Å². The van der Waals surface area contributed by atoms with E-state index in [1.165, 1.54) is 11.3 Å². The molecule has 8 heteroatoms. The van der Waals surface area contributed by atoms with Crippen molar-refractivity contribution in [2.75, 3.05) is 0 Å². The molecule has 2 aromatic carbocycles. The fraction of sp³-hybridized carbons (Fsp3) is 0.143. The molecule has 0 radical (unpaired) electrons. The first-order valence-corrected chi connectivity index (χ1v) is 10.5. The molecule has 0 saturated carbocycles. The van der Waals surface area contributed by atoms with E-state index in [0.29, 0.717) is 21.0 Å². The quantitative estimate of drug-likeness (QED) is 0.414. The van der Waals surface area contributed by atoms with Crippen LogP contribution in [0.4, 0.5) is 4.39 Å². The fourth-order valence-electron chi connectivity index (χ4n) is 2.89. The molecule has 0 aliphatic heterocycles. The number of carbonyl (C=O) groups is 2. The molecule has 1 aromatic heterocycles. The molecule has 1 atom stereocenters. The van der Waals surface area contributed by atoms with E-state index in [0.717, 1.165) is 0 Å². The van der Waals surface area contributed by atoms with Crippen LogP contribution in [0.2, 0.25) is 15.1 Å². The van der Waals surface area contributed by atoms with Gasteiger partial charge in [-0.2, -0.15) is 0 Å². The summed E-state index contributed by atoms with van der Waals surface area (Å²) in [5, 5.41) is 12.3. The molecule has 0 saturated heterocycles. The van der Waals surface area contributed by atoms with Gasteiger partial charge in [0, 0.05) is 32.8 Å². The molecule has 0 aliphatic carbocycles. The van der Waals surface area contributed by atoms with Gasteiger partial charge < -0.3 is 5.11 Å². The Labute approximate surface area is 185 Å². The third-order valence-corrected chi connectivity index (χ3v) is 6.38. The van der Waals surface area contributed by atoms with Crippen molar-refractivity contribution in [2.24, 2.45) is 0 Å². The Bertz CT molecular complexity index is 1040. The summed E-state index contributed by atoms with van der Waals surface area (Å²) in [6.45, 7) is 0. The third kappa shape index (κ3) is 4.98. The van der Waals surface area contributed by atoms with Gasteiger partial charge in [0.1, 0.15) is 0 Å². The Morgan fingerprint density at radius 1 is 1.03 bits per heavy atom. The first-order chi connectivity index (χ1) is 13.8. The van der Waals surface area contributed by atoms with Gasteiger partial charge in [-0.3, -0.25) is 4.79 Å². The first-order valence-electron chi connectivity index (χ1n) is 8.47. The SMILES string of the molecule is O=C(O)c1c(CC(=O)C(F)Cc2c(Cl)cccc2Cl)csc1-c1ccc(Cl)cc1. The molecule has 1 unspecified atom stereocenters. The number of rotatable bonds is 7. The van der Waals surface area contributed by atoms with Gasteiger partial charge in [-0.1, -0.05) is 53.0 Å². The highest BCUT2D eigenvalue weighted by atomic mass is 35.5. The average Bonchev–Trinajstić information content (AvgIpc) is 3.09. The Hall–Kier alpha value is -1.92. The Morgan fingerprint density at radius 3 is 2.24 bits per heavy atom. The predicted molar refractivity (Wildman–Crippen MR) is 115 cm³/mol. The minimum absolute atomic E-state index is 0.00588. The van der Waals surface area contributed by atoms with Crippen LogP contribution in [0, 0.1) is 0 Å².